The average Bonchev–Trinajstić information content (AvgIpc) is 2.68. The Balaban J connectivity index is 2.73. The van der Waals surface area contributed by atoms with Crippen LogP contribution in [0.2, 0.25) is 0 Å². The quantitative estimate of drug-likeness (QED) is 0.837. The van der Waals surface area contributed by atoms with Gasteiger partial charge in [-0.15, -0.1) is 11.3 Å². The van der Waals surface area contributed by atoms with Gasteiger partial charge in [-0.3, -0.25) is 4.79 Å². The smallest absolute Gasteiger partial charge is 0.263 e. The van der Waals surface area contributed by atoms with Crippen molar-refractivity contribution in [3.05, 3.63) is 15.6 Å². The Bertz CT molecular complexity index is 416. The molecule has 0 aliphatic rings. The first-order valence-electron chi connectivity index (χ1n) is 6.74. The van der Waals surface area contributed by atoms with Crippen LogP contribution >= 0.6 is 11.3 Å². The standard InChI is InChI=1S/C14H24N2O2S/c1-6-11(8-18-5)16-14(17)13-10(4)15-12(19-13)7-9(2)3/h9,11H,6-8H2,1-5H3,(H,16,17). The van der Waals surface area contributed by atoms with Gasteiger partial charge in [-0.25, -0.2) is 4.98 Å². The molecule has 0 aliphatic heterocycles. The van der Waals surface area contributed by atoms with Crippen molar-refractivity contribution in [1.82, 2.24) is 10.3 Å². The maximum atomic E-state index is 12.2. The van der Waals surface area contributed by atoms with Gasteiger partial charge in [0.25, 0.3) is 5.91 Å². The number of rotatable bonds is 7. The van der Waals surface area contributed by atoms with Crippen molar-refractivity contribution in [3.63, 3.8) is 0 Å². The predicted octanol–water partition coefficient (Wildman–Crippen LogP) is 2.80. The summed E-state index contributed by atoms with van der Waals surface area (Å²) in [5.41, 5.74) is 0.824. The molecule has 1 heterocycles. The van der Waals surface area contributed by atoms with Crippen LogP contribution in [0.3, 0.4) is 0 Å². The summed E-state index contributed by atoms with van der Waals surface area (Å²) >= 11 is 1.50. The molecule has 0 saturated carbocycles. The average molecular weight is 284 g/mol. The van der Waals surface area contributed by atoms with Gasteiger partial charge < -0.3 is 10.1 Å². The number of amides is 1. The molecule has 5 heteroatoms. The molecule has 0 bridgehead atoms. The first-order valence-corrected chi connectivity index (χ1v) is 7.55. The number of thiazole rings is 1. The van der Waals surface area contributed by atoms with E-state index in [-0.39, 0.29) is 11.9 Å². The zero-order chi connectivity index (χ0) is 14.4. The molecular formula is C14H24N2O2S. The lowest BCUT2D eigenvalue weighted by Gasteiger charge is -2.15. The highest BCUT2D eigenvalue weighted by Gasteiger charge is 2.18. The summed E-state index contributed by atoms with van der Waals surface area (Å²) in [5.74, 6) is 0.521. The van der Waals surface area contributed by atoms with Gasteiger partial charge in [-0.2, -0.15) is 0 Å². The van der Waals surface area contributed by atoms with E-state index in [2.05, 4.69) is 24.1 Å². The van der Waals surface area contributed by atoms with Crippen molar-refractivity contribution in [2.75, 3.05) is 13.7 Å². The van der Waals surface area contributed by atoms with Crippen LogP contribution in [0.5, 0.6) is 0 Å². The number of carbonyl (C=O) groups is 1. The van der Waals surface area contributed by atoms with Crippen LogP contribution in [0, 0.1) is 12.8 Å². The number of aryl methyl sites for hydroxylation is 1. The Morgan fingerprint density at radius 2 is 2.16 bits per heavy atom. The minimum Gasteiger partial charge on any atom is -0.383 e. The number of carbonyl (C=O) groups excluding carboxylic acids is 1. The lowest BCUT2D eigenvalue weighted by Crippen LogP contribution is -2.37. The normalized spacial score (nSPS) is 12.7. The van der Waals surface area contributed by atoms with Crippen LogP contribution in [0.25, 0.3) is 0 Å². The molecule has 0 aliphatic carbocycles. The van der Waals surface area contributed by atoms with Gasteiger partial charge in [0.05, 0.1) is 23.4 Å². The number of hydrogen-bond acceptors (Lipinski definition) is 4. The van der Waals surface area contributed by atoms with Crippen LogP contribution in [0.1, 0.15) is 47.6 Å². The van der Waals surface area contributed by atoms with E-state index in [1.165, 1.54) is 11.3 Å². The van der Waals surface area contributed by atoms with Crippen molar-refractivity contribution in [2.24, 2.45) is 5.92 Å². The molecule has 0 saturated heterocycles. The number of nitrogens with zero attached hydrogens (tertiary/aromatic N) is 1. The SMILES string of the molecule is CCC(COC)NC(=O)c1sc(CC(C)C)nc1C. The van der Waals surface area contributed by atoms with E-state index >= 15 is 0 Å². The highest BCUT2D eigenvalue weighted by Crippen LogP contribution is 2.20. The van der Waals surface area contributed by atoms with Gasteiger partial charge in [-0.05, 0) is 19.3 Å². The molecule has 1 N–H and O–H groups in total. The van der Waals surface area contributed by atoms with Gasteiger partial charge in [0.1, 0.15) is 4.88 Å². The maximum Gasteiger partial charge on any atom is 0.263 e. The van der Waals surface area contributed by atoms with Crippen molar-refractivity contribution in [1.29, 1.82) is 0 Å². The molecule has 0 fully saturated rings. The lowest BCUT2D eigenvalue weighted by atomic mass is 10.1. The lowest BCUT2D eigenvalue weighted by molar-refractivity contribution is 0.0898. The molecular weight excluding hydrogens is 260 g/mol. The Morgan fingerprint density at radius 1 is 1.47 bits per heavy atom. The van der Waals surface area contributed by atoms with E-state index in [4.69, 9.17) is 4.74 Å². The number of methoxy groups -OCH3 is 1. The van der Waals surface area contributed by atoms with Gasteiger partial charge in [-0.1, -0.05) is 20.8 Å². The molecule has 1 aromatic heterocycles. The van der Waals surface area contributed by atoms with Gasteiger partial charge in [0.15, 0.2) is 0 Å². The highest BCUT2D eigenvalue weighted by molar-refractivity contribution is 7.13. The predicted molar refractivity (Wildman–Crippen MR) is 78.8 cm³/mol. The van der Waals surface area contributed by atoms with Crippen molar-refractivity contribution in [2.45, 2.75) is 46.6 Å². The number of aromatic nitrogens is 1. The first-order chi connectivity index (χ1) is 8.97. The van der Waals surface area contributed by atoms with Gasteiger partial charge >= 0.3 is 0 Å². The number of ether oxygens (including phenoxy) is 1. The summed E-state index contributed by atoms with van der Waals surface area (Å²) in [6, 6.07) is 0.0625. The Hall–Kier alpha value is -0.940. The van der Waals surface area contributed by atoms with E-state index in [1.807, 2.05) is 13.8 Å². The second-order valence-electron chi connectivity index (χ2n) is 5.15. The fourth-order valence-corrected chi connectivity index (χ4v) is 2.99. The largest absolute Gasteiger partial charge is 0.383 e. The fourth-order valence-electron chi connectivity index (χ4n) is 1.81. The van der Waals surface area contributed by atoms with E-state index in [0.29, 0.717) is 12.5 Å². The third-order valence-electron chi connectivity index (χ3n) is 2.83. The van der Waals surface area contributed by atoms with Crippen LogP contribution in [-0.4, -0.2) is 30.6 Å². The molecule has 19 heavy (non-hydrogen) atoms. The third kappa shape index (κ3) is 4.91. The van der Waals surface area contributed by atoms with E-state index in [1.54, 1.807) is 7.11 Å². The minimum absolute atomic E-state index is 0.0334. The third-order valence-corrected chi connectivity index (χ3v) is 4.00. The fraction of sp³-hybridized carbons (Fsp3) is 0.714. The molecule has 1 aromatic rings. The molecule has 1 rings (SSSR count). The second-order valence-corrected chi connectivity index (χ2v) is 6.24. The molecule has 108 valence electrons. The zero-order valence-corrected chi connectivity index (χ0v) is 13.3. The van der Waals surface area contributed by atoms with Crippen molar-refractivity contribution in [3.8, 4) is 0 Å². The molecule has 1 unspecified atom stereocenters. The van der Waals surface area contributed by atoms with Crippen molar-refractivity contribution < 1.29 is 9.53 Å². The Kier molecular flexibility index (Phi) is 6.45. The van der Waals surface area contributed by atoms with Crippen LogP contribution in [-0.2, 0) is 11.2 Å². The molecule has 0 radical (unpaired) electrons. The van der Waals surface area contributed by atoms with Crippen LogP contribution in [0.4, 0.5) is 0 Å². The van der Waals surface area contributed by atoms with Gasteiger partial charge in [0.2, 0.25) is 0 Å². The summed E-state index contributed by atoms with van der Waals surface area (Å²) in [7, 11) is 1.65. The molecule has 1 atom stereocenters. The minimum atomic E-state index is -0.0334. The number of hydrogen-bond donors (Lipinski definition) is 1. The van der Waals surface area contributed by atoms with E-state index < -0.39 is 0 Å². The summed E-state index contributed by atoms with van der Waals surface area (Å²) in [6.45, 7) is 8.78. The maximum absolute atomic E-state index is 12.2. The number of nitrogens with one attached hydrogen (secondary N) is 1. The molecule has 0 spiro atoms. The van der Waals surface area contributed by atoms with E-state index in [9.17, 15) is 4.79 Å². The summed E-state index contributed by atoms with van der Waals surface area (Å²) < 4.78 is 5.09. The molecule has 0 aromatic carbocycles. The monoisotopic (exact) mass is 284 g/mol. The van der Waals surface area contributed by atoms with E-state index in [0.717, 1.165) is 28.4 Å². The highest BCUT2D eigenvalue weighted by atomic mass is 32.1. The molecule has 1 amide bonds. The Morgan fingerprint density at radius 3 is 2.68 bits per heavy atom. The summed E-state index contributed by atoms with van der Waals surface area (Å²) in [6.07, 6.45) is 1.78. The summed E-state index contributed by atoms with van der Waals surface area (Å²) in [5, 5.41) is 4.04. The summed E-state index contributed by atoms with van der Waals surface area (Å²) in [4.78, 5) is 17.4. The van der Waals surface area contributed by atoms with Crippen molar-refractivity contribution >= 4 is 17.2 Å². The van der Waals surface area contributed by atoms with Crippen LogP contribution < -0.4 is 5.32 Å². The second kappa shape index (κ2) is 7.60. The zero-order valence-electron chi connectivity index (χ0n) is 12.4. The first kappa shape index (κ1) is 16.1. The van der Waals surface area contributed by atoms with Gasteiger partial charge in [0, 0.05) is 13.5 Å². The topological polar surface area (TPSA) is 51.2 Å². The molecule has 4 nitrogen and oxygen atoms in total. The Labute approximate surface area is 119 Å². The van der Waals surface area contributed by atoms with Crippen LogP contribution in [0.15, 0.2) is 0 Å².